The lowest BCUT2D eigenvalue weighted by atomic mass is 10.3. The first-order valence-electron chi connectivity index (χ1n) is 5.83. The quantitative estimate of drug-likeness (QED) is 0.598. The lowest BCUT2D eigenvalue weighted by Crippen LogP contribution is -2.30. The molecule has 0 aliphatic heterocycles. The number of esters is 1. The maximum atomic E-state index is 12.8. The highest BCUT2D eigenvalue weighted by Crippen LogP contribution is 2.11. The first-order chi connectivity index (χ1) is 9.11. The Bertz CT molecular complexity index is 436. The van der Waals surface area contributed by atoms with Gasteiger partial charge in [0.2, 0.25) is 0 Å². The van der Waals surface area contributed by atoms with E-state index < -0.39 is 5.82 Å². The van der Waals surface area contributed by atoms with Crippen molar-refractivity contribution in [2.24, 2.45) is 0 Å². The van der Waals surface area contributed by atoms with Gasteiger partial charge in [0.15, 0.2) is 6.61 Å². The SMILES string of the molecule is COC(=O)CCCNC(=O)COc1cccc(F)c1. The maximum Gasteiger partial charge on any atom is 0.305 e. The topological polar surface area (TPSA) is 64.6 Å². The van der Waals surface area contributed by atoms with Crippen LogP contribution in [0.5, 0.6) is 5.75 Å². The fourth-order valence-corrected chi connectivity index (χ4v) is 1.32. The molecule has 1 amide bonds. The lowest BCUT2D eigenvalue weighted by molar-refractivity contribution is -0.140. The fourth-order valence-electron chi connectivity index (χ4n) is 1.32. The number of nitrogens with one attached hydrogen (secondary N) is 1. The minimum atomic E-state index is -0.420. The molecule has 0 unspecified atom stereocenters. The number of rotatable bonds is 7. The highest BCUT2D eigenvalue weighted by atomic mass is 19.1. The van der Waals surface area contributed by atoms with Crippen LogP contribution in [0.25, 0.3) is 0 Å². The maximum absolute atomic E-state index is 12.8. The van der Waals surface area contributed by atoms with Gasteiger partial charge in [-0.2, -0.15) is 0 Å². The average Bonchev–Trinajstić information content (AvgIpc) is 2.41. The molecule has 0 fully saturated rings. The van der Waals surface area contributed by atoms with Crippen molar-refractivity contribution in [3.05, 3.63) is 30.1 Å². The number of carbonyl (C=O) groups excluding carboxylic acids is 2. The molecular weight excluding hydrogens is 253 g/mol. The summed E-state index contributed by atoms with van der Waals surface area (Å²) in [5, 5.41) is 2.58. The van der Waals surface area contributed by atoms with Gasteiger partial charge in [-0.05, 0) is 18.6 Å². The molecule has 0 saturated heterocycles. The van der Waals surface area contributed by atoms with Gasteiger partial charge >= 0.3 is 5.97 Å². The second kappa shape index (κ2) is 8.07. The van der Waals surface area contributed by atoms with Gasteiger partial charge in [0.05, 0.1) is 7.11 Å². The standard InChI is InChI=1S/C13H16FNO4/c1-18-13(17)6-3-7-15-12(16)9-19-11-5-2-4-10(14)8-11/h2,4-5,8H,3,6-7,9H2,1H3,(H,15,16). The van der Waals surface area contributed by atoms with Crippen LogP contribution in [0.3, 0.4) is 0 Å². The number of benzene rings is 1. The van der Waals surface area contributed by atoms with Gasteiger partial charge in [-0.1, -0.05) is 6.07 Å². The summed E-state index contributed by atoms with van der Waals surface area (Å²) in [6.45, 7) is 0.169. The van der Waals surface area contributed by atoms with Gasteiger partial charge in [0.1, 0.15) is 11.6 Å². The predicted molar refractivity (Wildman–Crippen MR) is 66.2 cm³/mol. The van der Waals surface area contributed by atoms with Crippen molar-refractivity contribution in [1.29, 1.82) is 0 Å². The summed E-state index contributed by atoms with van der Waals surface area (Å²) in [7, 11) is 1.31. The molecule has 1 aromatic rings. The third-order valence-corrected chi connectivity index (χ3v) is 2.27. The third kappa shape index (κ3) is 6.40. The highest BCUT2D eigenvalue weighted by molar-refractivity contribution is 5.77. The van der Waals surface area contributed by atoms with Crippen molar-refractivity contribution >= 4 is 11.9 Å². The summed E-state index contributed by atoms with van der Waals surface area (Å²) in [5.74, 6) is -0.764. The van der Waals surface area contributed by atoms with E-state index in [9.17, 15) is 14.0 Å². The second-order valence-electron chi connectivity index (χ2n) is 3.78. The van der Waals surface area contributed by atoms with Crippen molar-refractivity contribution in [2.45, 2.75) is 12.8 Å². The van der Waals surface area contributed by atoms with E-state index in [4.69, 9.17) is 4.74 Å². The van der Waals surface area contributed by atoms with Crippen LogP contribution in [-0.2, 0) is 14.3 Å². The summed E-state index contributed by atoms with van der Waals surface area (Å²) in [4.78, 5) is 22.2. The van der Waals surface area contributed by atoms with E-state index >= 15 is 0 Å². The number of amides is 1. The Kier molecular flexibility index (Phi) is 6.35. The van der Waals surface area contributed by atoms with Crippen LogP contribution in [-0.4, -0.2) is 32.1 Å². The van der Waals surface area contributed by atoms with E-state index in [0.717, 1.165) is 0 Å². The lowest BCUT2D eigenvalue weighted by Gasteiger charge is -2.07. The summed E-state index contributed by atoms with van der Waals surface area (Å²) in [6, 6.07) is 5.55. The molecular formula is C13H16FNO4. The Morgan fingerprint density at radius 2 is 2.16 bits per heavy atom. The Morgan fingerprint density at radius 1 is 1.37 bits per heavy atom. The third-order valence-electron chi connectivity index (χ3n) is 2.27. The van der Waals surface area contributed by atoms with Crippen LogP contribution >= 0.6 is 0 Å². The smallest absolute Gasteiger partial charge is 0.305 e. The average molecular weight is 269 g/mol. The van der Waals surface area contributed by atoms with E-state index in [1.165, 1.54) is 25.3 Å². The molecule has 0 bridgehead atoms. The van der Waals surface area contributed by atoms with E-state index in [0.29, 0.717) is 18.7 Å². The fraction of sp³-hybridized carbons (Fsp3) is 0.385. The van der Waals surface area contributed by atoms with Crippen LogP contribution in [0.15, 0.2) is 24.3 Å². The zero-order valence-corrected chi connectivity index (χ0v) is 10.6. The summed E-state index contributed by atoms with van der Waals surface area (Å²) < 4.78 is 22.4. The van der Waals surface area contributed by atoms with Crippen molar-refractivity contribution in [3.63, 3.8) is 0 Å². The van der Waals surface area contributed by atoms with Crippen LogP contribution in [0.4, 0.5) is 4.39 Å². The summed E-state index contributed by atoms with van der Waals surface area (Å²) in [6.07, 6.45) is 0.750. The molecule has 0 saturated carbocycles. The van der Waals surface area contributed by atoms with Crippen LogP contribution in [0, 0.1) is 5.82 Å². The molecule has 5 nitrogen and oxygen atoms in total. The highest BCUT2D eigenvalue weighted by Gasteiger charge is 2.04. The number of methoxy groups -OCH3 is 1. The molecule has 0 atom stereocenters. The molecule has 1 aromatic carbocycles. The molecule has 6 heteroatoms. The molecule has 0 spiro atoms. The van der Waals surface area contributed by atoms with Crippen molar-refractivity contribution in [1.82, 2.24) is 5.32 Å². The second-order valence-corrected chi connectivity index (χ2v) is 3.78. The summed E-state index contributed by atoms with van der Waals surface area (Å²) >= 11 is 0. The minimum Gasteiger partial charge on any atom is -0.484 e. The predicted octanol–water partition coefficient (Wildman–Crippen LogP) is 1.27. The Morgan fingerprint density at radius 3 is 2.84 bits per heavy atom. The minimum absolute atomic E-state index is 0.193. The number of halogens is 1. The molecule has 0 radical (unpaired) electrons. The Hall–Kier alpha value is -2.11. The number of ether oxygens (including phenoxy) is 2. The molecule has 0 aliphatic rings. The summed E-state index contributed by atoms with van der Waals surface area (Å²) in [5.41, 5.74) is 0. The number of hydrogen-bond acceptors (Lipinski definition) is 4. The van der Waals surface area contributed by atoms with Gasteiger partial charge in [-0.3, -0.25) is 9.59 Å². The largest absolute Gasteiger partial charge is 0.484 e. The molecule has 19 heavy (non-hydrogen) atoms. The van der Waals surface area contributed by atoms with E-state index in [2.05, 4.69) is 10.1 Å². The first-order valence-corrected chi connectivity index (χ1v) is 5.83. The zero-order valence-electron chi connectivity index (χ0n) is 10.6. The molecule has 0 aromatic heterocycles. The van der Waals surface area contributed by atoms with Crippen LogP contribution in [0.1, 0.15) is 12.8 Å². The van der Waals surface area contributed by atoms with E-state index in [1.54, 1.807) is 6.07 Å². The molecule has 0 heterocycles. The monoisotopic (exact) mass is 269 g/mol. The van der Waals surface area contributed by atoms with E-state index in [-0.39, 0.29) is 24.9 Å². The van der Waals surface area contributed by atoms with Crippen molar-refractivity contribution < 1.29 is 23.5 Å². The Labute approximate surface area is 110 Å². The normalized spacial score (nSPS) is 9.79. The molecule has 1 N–H and O–H groups in total. The Balaban J connectivity index is 2.16. The van der Waals surface area contributed by atoms with Gasteiger partial charge < -0.3 is 14.8 Å². The molecule has 0 aliphatic carbocycles. The van der Waals surface area contributed by atoms with Crippen molar-refractivity contribution in [2.75, 3.05) is 20.3 Å². The van der Waals surface area contributed by atoms with Crippen LogP contribution in [0.2, 0.25) is 0 Å². The van der Waals surface area contributed by atoms with E-state index in [1.807, 2.05) is 0 Å². The number of hydrogen-bond donors (Lipinski definition) is 1. The zero-order chi connectivity index (χ0) is 14.1. The van der Waals surface area contributed by atoms with Crippen LogP contribution < -0.4 is 10.1 Å². The van der Waals surface area contributed by atoms with Gasteiger partial charge in [-0.25, -0.2) is 4.39 Å². The van der Waals surface area contributed by atoms with Gasteiger partial charge in [-0.15, -0.1) is 0 Å². The first kappa shape index (κ1) is 14.9. The van der Waals surface area contributed by atoms with Crippen molar-refractivity contribution in [3.8, 4) is 5.75 Å². The number of carbonyl (C=O) groups is 2. The molecule has 1 rings (SSSR count). The van der Waals surface area contributed by atoms with Gasteiger partial charge in [0, 0.05) is 19.0 Å². The van der Waals surface area contributed by atoms with Gasteiger partial charge in [0.25, 0.3) is 5.91 Å². The molecule has 104 valence electrons.